The van der Waals surface area contributed by atoms with Gasteiger partial charge in [-0.25, -0.2) is 0 Å². The first-order valence-electron chi connectivity index (χ1n) is 5.56. The minimum absolute atomic E-state index is 0.155. The van der Waals surface area contributed by atoms with Crippen LogP contribution in [0.15, 0.2) is 11.4 Å². The summed E-state index contributed by atoms with van der Waals surface area (Å²) in [5, 5.41) is 1.97. The minimum atomic E-state index is 0.155. The zero-order chi connectivity index (χ0) is 11.7. The van der Waals surface area contributed by atoms with E-state index in [0.717, 1.165) is 23.4 Å². The Kier molecular flexibility index (Phi) is 3.55. The third-order valence-electron chi connectivity index (χ3n) is 3.36. The molecule has 2 heterocycles. The van der Waals surface area contributed by atoms with Crippen LogP contribution in [-0.2, 0) is 0 Å². The lowest BCUT2D eigenvalue weighted by Crippen LogP contribution is -2.38. The molecule has 2 rings (SSSR count). The van der Waals surface area contributed by atoms with Gasteiger partial charge in [-0.3, -0.25) is 4.79 Å². The highest BCUT2D eigenvalue weighted by Crippen LogP contribution is 2.28. The van der Waals surface area contributed by atoms with E-state index < -0.39 is 0 Å². The Balaban J connectivity index is 2.20. The van der Waals surface area contributed by atoms with Gasteiger partial charge in [0, 0.05) is 18.5 Å². The molecule has 0 spiro atoms. The summed E-state index contributed by atoms with van der Waals surface area (Å²) in [5.74, 6) is 1.21. The van der Waals surface area contributed by atoms with E-state index in [-0.39, 0.29) is 11.9 Å². The van der Waals surface area contributed by atoms with E-state index >= 15 is 0 Å². The summed E-state index contributed by atoms with van der Waals surface area (Å²) in [6.45, 7) is 5.00. The van der Waals surface area contributed by atoms with E-state index in [1.807, 2.05) is 23.3 Å². The smallest absolute Gasteiger partial charge is 0.264 e. The van der Waals surface area contributed by atoms with Crippen molar-refractivity contribution < 1.29 is 4.79 Å². The number of hydrogen-bond acceptors (Lipinski definition) is 2. The molecule has 88 valence electrons. The molecular weight excluding hydrogens is 242 g/mol. The van der Waals surface area contributed by atoms with E-state index in [1.54, 1.807) is 0 Å². The monoisotopic (exact) mass is 257 g/mol. The molecule has 2 unspecified atom stereocenters. The topological polar surface area (TPSA) is 20.3 Å². The van der Waals surface area contributed by atoms with Crippen LogP contribution in [0.3, 0.4) is 0 Å². The van der Waals surface area contributed by atoms with Crippen molar-refractivity contribution in [1.82, 2.24) is 4.90 Å². The van der Waals surface area contributed by atoms with E-state index in [4.69, 9.17) is 11.6 Å². The maximum absolute atomic E-state index is 12.3. The predicted molar refractivity (Wildman–Crippen MR) is 68.4 cm³/mol. The Hall–Kier alpha value is -0.540. The second-order valence-electron chi connectivity index (χ2n) is 4.42. The van der Waals surface area contributed by atoms with Crippen LogP contribution in [0.5, 0.6) is 0 Å². The first-order chi connectivity index (χ1) is 7.65. The summed E-state index contributed by atoms with van der Waals surface area (Å²) >= 11 is 7.48. The van der Waals surface area contributed by atoms with Crippen molar-refractivity contribution >= 4 is 28.8 Å². The Bertz CT molecular complexity index is 390. The molecule has 0 aliphatic carbocycles. The number of rotatable bonds is 2. The number of amides is 1. The van der Waals surface area contributed by atoms with Gasteiger partial charge >= 0.3 is 0 Å². The van der Waals surface area contributed by atoms with Crippen molar-refractivity contribution in [3.05, 3.63) is 21.9 Å². The molecule has 1 fully saturated rings. The maximum Gasteiger partial charge on any atom is 0.264 e. The van der Waals surface area contributed by atoms with Crippen LogP contribution in [0.4, 0.5) is 0 Å². The fourth-order valence-corrected chi connectivity index (χ4v) is 3.57. The molecule has 1 aromatic rings. The summed E-state index contributed by atoms with van der Waals surface area (Å²) < 4.78 is 0. The van der Waals surface area contributed by atoms with Gasteiger partial charge in [0.2, 0.25) is 0 Å². The highest BCUT2D eigenvalue weighted by atomic mass is 35.5. The molecule has 0 bridgehead atoms. The zero-order valence-corrected chi connectivity index (χ0v) is 11.1. The number of hydrogen-bond donors (Lipinski definition) is 0. The van der Waals surface area contributed by atoms with Crippen LogP contribution in [-0.4, -0.2) is 29.3 Å². The van der Waals surface area contributed by atoms with Crippen molar-refractivity contribution in [3.63, 3.8) is 0 Å². The summed E-state index contributed by atoms with van der Waals surface area (Å²) in [4.78, 5) is 15.1. The van der Waals surface area contributed by atoms with Crippen LogP contribution >= 0.6 is 22.9 Å². The van der Waals surface area contributed by atoms with Crippen molar-refractivity contribution in [2.45, 2.75) is 26.3 Å². The minimum Gasteiger partial charge on any atom is -0.333 e. The molecule has 1 aromatic heterocycles. The number of carbonyl (C=O) groups excluding carboxylic acids is 1. The number of halogens is 1. The lowest BCUT2D eigenvalue weighted by molar-refractivity contribution is 0.0741. The summed E-state index contributed by atoms with van der Waals surface area (Å²) in [6.07, 6.45) is 1.06. The average molecular weight is 258 g/mol. The molecule has 16 heavy (non-hydrogen) atoms. The standard InChI is InChI=1S/C12H16ClNOS/c1-8-3-5-14(10(8)7-13)12(15)11-9(2)4-6-16-11/h4,6,8,10H,3,5,7H2,1-2H3. The third-order valence-corrected chi connectivity index (χ3v) is 4.68. The molecule has 0 radical (unpaired) electrons. The highest BCUT2D eigenvalue weighted by molar-refractivity contribution is 7.12. The lowest BCUT2D eigenvalue weighted by Gasteiger charge is -2.24. The summed E-state index contributed by atoms with van der Waals surface area (Å²) in [6, 6.07) is 2.20. The van der Waals surface area contributed by atoms with Gasteiger partial charge in [-0.15, -0.1) is 22.9 Å². The molecule has 1 amide bonds. The molecule has 4 heteroatoms. The van der Waals surface area contributed by atoms with Crippen LogP contribution in [0.1, 0.15) is 28.6 Å². The van der Waals surface area contributed by atoms with Gasteiger partial charge in [-0.05, 0) is 36.3 Å². The third kappa shape index (κ3) is 1.98. The van der Waals surface area contributed by atoms with Gasteiger partial charge in [0.1, 0.15) is 0 Å². The highest BCUT2D eigenvalue weighted by Gasteiger charge is 2.34. The van der Waals surface area contributed by atoms with Gasteiger partial charge in [0.05, 0.1) is 4.88 Å². The average Bonchev–Trinajstić information content (AvgIpc) is 2.83. The zero-order valence-electron chi connectivity index (χ0n) is 9.57. The molecule has 1 saturated heterocycles. The van der Waals surface area contributed by atoms with Gasteiger partial charge in [0.15, 0.2) is 0 Å². The number of thiophene rings is 1. The van der Waals surface area contributed by atoms with Crippen molar-refractivity contribution in [2.75, 3.05) is 12.4 Å². The first-order valence-corrected chi connectivity index (χ1v) is 6.97. The Morgan fingerprint density at radius 3 is 3.00 bits per heavy atom. The number of carbonyl (C=O) groups is 1. The second kappa shape index (κ2) is 4.76. The van der Waals surface area contributed by atoms with Crippen LogP contribution in [0, 0.1) is 12.8 Å². The van der Waals surface area contributed by atoms with Gasteiger partial charge in [-0.1, -0.05) is 6.92 Å². The Morgan fingerprint density at radius 1 is 1.69 bits per heavy atom. The Morgan fingerprint density at radius 2 is 2.44 bits per heavy atom. The van der Waals surface area contributed by atoms with Crippen LogP contribution in [0.25, 0.3) is 0 Å². The normalized spacial score (nSPS) is 25.1. The number of likely N-dealkylation sites (tertiary alicyclic amines) is 1. The van der Waals surface area contributed by atoms with Gasteiger partial charge in [0.25, 0.3) is 5.91 Å². The second-order valence-corrected chi connectivity index (χ2v) is 5.64. The molecule has 0 N–H and O–H groups in total. The lowest BCUT2D eigenvalue weighted by atomic mass is 10.1. The maximum atomic E-state index is 12.3. The van der Waals surface area contributed by atoms with Crippen molar-refractivity contribution in [2.24, 2.45) is 5.92 Å². The number of aryl methyl sites for hydroxylation is 1. The fraction of sp³-hybridized carbons (Fsp3) is 0.583. The quantitative estimate of drug-likeness (QED) is 0.746. The van der Waals surface area contributed by atoms with E-state index in [1.165, 1.54) is 11.3 Å². The number of alkyl halides is 1. The predicted octanol–water partition coefficient (Wildman–Crippen LogP) is 3.15. The van der Waals surface area contributed by atoms with Crippen LogP contribution < -0.4 is 0 Å². The summed E-state index contributed by atoms with van der Waals surface area (Å²) in [5.41, 5.74) is 1.07. The SMILES string of the molecule is Cc1ccsc1C(=O)N1CCC(C)C1CCl. The number of nitrogens with zero attached hydrogens (tertiary/aromatic N) is 1. The Labute approximate surface area is 105 Å². The molecular formula is C12H16ClNOS. The summed E-state index contributed by atoms with van der Waals surface area (Å²) in [7, 11) is 0. The van der Waals surface area contributed by atoms with E-state index in [2.05, 4.69) is 6.92 Å². The molecule has 2 nitrogen and oxygen atoms in total. The van der Waals surface area contributed by atoms with Gasteiger partial charge in [-0.2, -0.15) is 0 Å². The molecule has 0 aromatic carbocycles. The molecule has 1 aliphatic rings. The molecule has 2 atom stereocenters. The van der Waals surface area contributed by atoms with E-state index in [0.29, 0.717) is 11.8 Å². The molecule has 0 saturated carbocycles. The van der Waals surface area contributed by atoms with Crippen molar-refractivity contribution in [1.29, 1.82) is 0 Å². The van der Waals surface area contributed by atoms with Crippen LogP contribution in [0.2, 0.25) is 0 Å². The van der Waals surface area contributed by atoms with Crippen molar-refractivity contribution in [3.8, 4) is 0 Å². The van der Waals surface area contributed by atoms with E-state index in [9.17, 15) is 4.79 Å². The molecule has 1 aliphatic heterocycles. The fourth-order valence-electron chi connectivity index (χ4n) is 2.22. The largest absolute Gasteiger partial charge is 0.333 e. The first kappa shape index (κ1) is 11.9. The van der Waals surface area contributed by atoms with Gasteiger partial charge < -0.3 is 4.90 Å².